The van der Waals surface area contributed by atoms with Crippen molar-refractivity contribution in [3.05, 3.63) is 48.7 Å². The number of aromatic nitrogens is 5. The van der Waals surface area contributed by atoms with Crippen LogP contribution in [0, 0.1) is 0 Å². The molecule has 1 N–H and O–H groups in total. The van der Waals surface area contributed by atoms with Gasteiger partial charge in [-0.3, -0.25) is 9.97 Å². The Morgan fingerprint density at radius 2 is 1.88 bits per heavy atom. The first-order valence-corrected chi connectivity index (χ1v) is 6.81. The standard InChI is InChI=1S/C15H8F3N5O/c16-15(17,18)14-22-13(23-24-14)8-1-3-20-11(5-8)12-6-10-9(7-21-12)2-4-19-10/h1-7,19H. The maximum Gasteiger partial charge on any atom is 0.471 e. The van der Waals surface area contributed by atoms with Gasteiger partial charge in [-0.15, -0.1) is 0 Å². The Balaban J connectivity index is 1.74. The third kappa shape index (κ3) is 2.49. The highest BCUT2D eigenvalue weighted by Crippen LogP contribution is 2.30. The third-order valence-electron chi connectivity index (χ3n) is 3.39. The Kier molecular flexibility index (Phi) is 3.08. The Labute approximate surface area is 132 Å². The number of nitrogens with one attached hydrogen (secondary N) is 1. The van der Waals surface area contributed by atoms with Crippen LogP contribution in [0.4, 0.5) is 13.2 Å². The summed E-state index contributed by atoms with van der Waals surface area (Å²) < 4.78 is 41.9. The lowest BCUT2D eigenvalue weighted by Gasteiger charge is -2.02. The number of pyridine rings is 2. The Bertz CT molecular complexity index is 1020. The van der Waals surface area contributed by atoms with Gasteiger partial charge in [0.15, 0.2) is 0 Å². The van der Waals surface area contributed by atoms with Crippen LogP contribution in [-0.2, 0) is 6.18 Å². The van der Waals surface area contributed by atoms with Crippen molar-refractivity contribution in [3.63, 3.8) is 0 Å². The van der Waals surface area contributed by atoms with Gasteiger partial charge in [0.25, 0.3) is 0 Å². The fraction of sp³-hybridized carbons (Fsp3) is 0.0667. The first kappa shape index (κ1) is 14.4. The normalized spacial score (nSPS) is 12.0. The average molecular weight is 331 g/mol. The molecule has 4 heterocycles. The molecule has 6 nitrogen and oxygen atoms in total. The van der Waals surface area contributed by atoms with Crippen LogP contribution in [0.2, 0.25) is 0 Å². The zero-order chi connectivity index (χ0) is 16.7. The second-order valence-electron chi connectivity index (χ2n) is 4.99. The lowest BCUT2D eigenvalue weighted by molar-refractivity contribution is -0.159. The van der Waals surface area contributed by atoms with Crippen molar-refractivity contribution < 1.29 is 17.7 Å². The average Bonchev–Trinajstić information content (AvgIpc) is 3.23. The van der Waals surface area contributed by atoms with E-state index in [4.69, 9.17) is 0 Å². The van der Waals surface area contributed by atoms with Crippen molar-refractivity contribution in [1.29, 1.82) is 0 Å². The second kappa shape index (κ2) is 5.15. The molecule has 0 saturated carbocycles. The molecule has 4 aromatic heterocycles. The van der Waals surface area contributed by atoms with E-state index in [2.05, 4.69) is 29.6 Å². The third-order valence-corrected chi connectivity index (χ3v) is 3.39. The molecule has 0 aliphatic heterocycles. The van der Waals surface area contributed by atoms with Crippen LogP contribution >= 0.6 is 0 Å². The number of fused-ring (bicyclic) bond motifs is 1. The molecular formula is C15H8F3N5O. The van der Waals surface area contributed by atoms with Gasteiger partial charge in [-0.25, -0.2) is 0 Å². The monoisotopic (exact) mass is 331 g/mol. The molecule has 9 heteroatoms. The van der Waals surface area contributed by atoms with Crippen LogP contribution in [-0.4, -0.2) is 25.1 Å². The summed E-state index contributed by atoms with van der Waals surface area (Å²) in [7, 11) is 0. The van der Waals surface area contributed by atoms with E-state index < -0.39 is 12.1 Å². The van der Waals surface area contributed by atoms with E-state index in [1.807, 2.05) is 6.07 Å². The summed E-state index contributed by atoms with van der Waals surface area (Å²) in [6.45, 7) is 0. The molecule has 0 atom stereocenters. The zero-order valence-electron chi connectivity index (χ0n) is 11.9. The molecule has 0 aromatic carbocycles. The number of H-pyrrole nitrogens is 1. The molecule has 0 unspecified atom stereocenters. The van der Waals surface area contributed by atoms with Crippen LogP contribution in [0.1, 0.15) is 5.89 Å². The quantitative estimate of drug-likeness (QED) is 0.606. The van der Waals surface area contributed by atoms with E-state index in [9.17, 15) is 13.2 Å². The highest BCUT2D eigenvalue weighted by molar-refractivity contribution is 5.82. The van der Waals surface area contributed by atoms with E-state index in [1.54, 1.807) is 24.5 Å². The number of hydrogen-bond acceptors (Lipinski definition) is 5. The van der Waals surface area contributed by atoms with Crippen molar-refractivity contribution in [2.75, 3.05) is 0 Å². The SMILES string of the molecule is FC(F)(F)c1nc(-c2ccnc(-c3cc4[nH]ccc4cn3)c2)no1. The lowest BCUT2D eigenvalue weighted by atomic mass is 10.1. The summed E-state index contributed by atoms with van der Waals surface area (Å²) in [4.78, 5) is 14.9. The van der Waals surface area contributed by atoms with Gasteiger partial charge >= 0.3 is 12.1 Å². The van der Waals surface area contributed by atoms with Crippen molar-refractivity contribution in [2.24, 2.45) is 0 Å². The Hall–Kier alpha value is -3.23. The predicted molar refractivity (Wildman–Crippen MR) is 77.6 cm³/mol. The molecule has 0 spiro atoms. The summed E-state index contributed by atoms with van der Waals surface area (Å²) in [5.74, 6) is -1.55. The van der Waals surface area contributed by atoms with E-state index in [0.717, 1.165) is 10.9 Å². The second-order valence-corrected chi connectivity index (χ2v) is 4.99. The minimum absolute atomic E-state index is 0.160. The Morgan fingerprint density at radius 3 is 2.67 bits per heavy atom. The molecule has 0 aliphatic rings. The zero-order valence-corrected chi connectivity index (χ0v) is 11.9. The first-order valence-electron chi connectivity index (χ1n) is 6.81. The first-order chi connectivity index (χ1) is 11.5. The van der Waals surface area contributed by atoms with Gasteiger partial charge in [0.2, 0.25) is 5.82 Å². The van der Waals surface area contributed by atoms with Crippen molar-refractivity contribution >= 4 is 10.9 Å². The highest BCUT2D eigenvalue weighted by atomic mass is 19.4. The number of hydrogen-bond donors (Lipinski definition) is 1. The number of alkyl halides is 3. The largest absolute Gasteiger partial charge is 0.471 e. The van der Waals surface area contributed by atoms with Gasteiger partial charge in [-0.1, -0.05) is 5.16 Å². The summed E-state index contributed by atoms with van der Waals surface area (Å²) in [6, 6.07) is 6.75. The van der Waals surface area contributed by atoms with Crippen LogP contribution in [0.25, 0.3) is 33.7 Å². The highest BCUT2D eigenvalue weighted by Gasteiger charge is 2.38. The number of nitrogens with zero attached hydrogens (tertiary/aromatic N) is 4. The van der Waals surface area contributed by atoms with Gasteiger partial charge in [-0.05, 0) is 24.3 Å². The minimum atomic E-state index is -4.68. The van der Waals surface area contributed by atoms with Crippen molar-refractivity contribution in [2.45, 2.75) is 6.18 Å². The van der Waals surface area contributed by atoms with Crippen molar-refractivity contribution in [3.8, 4) is 22.8 Å². The lowest BCUT2D eigenvalue weighted by Crippen LogP contribution is -2.04. The van der Waals surface area contributed by atoms with Gasteiger partial charge in [-0.2, -0.15) is 18.2 Å². The van der Waals surface area contributed by atoms with Gasteiger partial charge in [0.1, 0.15) is 0 Å². The molecule has 24 heavy (non-hydrogen) atoms. The van der Waals surface area contributed by atoms with E-state index in [0.29, 0.717) is 17.0 Å². The molecule has 4 aromatic rings. The van der Waals surface area contributed by atoms with Gasteiger partial charge in [0.05, 0.1) is 11.4 Å². The van der Waals surface area contributed by atoms with E-state index in [-0.39, 0.29) is 5.82 Å². The minimum Gasteiger partial charge on any atom is -0.361 e. The van der Waals surface area contributed by atoms with Gasteiger partial charge in [0, 0.05) is 35.1 Å². The molecule has 0 radical (unpaired) electrons. The van der Waals surface area contributed by atoms with Crippen LogP contribution < -0.4 is 0 Å². The smallest absolute Gasteiger partial charge is 0.361 e. The molecular weight excluding hydrogens is 323 g/mol. The fourth-order valence-corrected chi connectivity index (χ4v) is 2.25. The fourth-order valence-electron chi connectivity index (χ4n) is 2.25. The van der Waals surface area contributed by atoms with Crippen LogP contribution in [0.5, 0.6) is 0 Å². The topological polar surface area (TPSA) is 80.5 Å². The molecule has 0 bridgehead atoms. The Morgan fingerprint density at radius 1 is 1.04 bits per heavy atom. The molecule has 0 saturated heterocycles. The maximum absolute atomic E-state index is 12.6. The summed E-state index contributed by atoms with van der Waals surface area (Å²) in [6.07, 6.45) is 0.250. The number of aromatic amines is 1. The molecule has 4 rings (SSSR count). The summed E-state index contributed by atoms with van der Waals surface area (Å²) >= 11 is 0. The molecule has 120 valence electrons. The van der Waals surface area contributed by atoms with Crippen LogP contribution in [0.3, 0.4) is 0 Å². The predicted octanol–water partition coefficient (Wildman–Crippen LogP) is 3.69. The molecule has 0 fully saturated rings. The van der Waals surface area contributed by atoms with Gasteiger partial charge < -0.3 is 9.51 Å². The number of rotatable bonds is 2. The molecule has 0 aliphatic carbocycles. The summed E-state index contributed by atoms with van der Waals surface area (Å²) in [5, 5.41) is 4.32. The maximum atomic E-state index is 12.6. The van der Waals surface area contributed by atoms with Crippen LogP contribution in [0.15, 0.2) is 47.4 Å². The molecule has 0 amide bonds. The van der Waals surface area contributed by atoms with E-state index in [1.165, 1.54) is 12.3 Å². The van der Waals surface area contributed by atoms with Crippen molar-refractivity contribution in [1.82, 2.24) is 25.1 Å². The number of halogens is 3. The summed E-state index contributed by atoms with van der Waals surface area (Å²) in [5.41, 5.74) is 2.30. The van der Waals surface area contributed by atoms with E-state index >= 15 is 0 Å².